The second kappa shape index (κ2) is 5.19. The highest BCUT2D eigenvalue weighted by Gasteiger charge is 2.16. The summed E-state index contributed by atoms with van der Waals surface area (Å²) in [5, 5.41) is 14.4. The molecular formula is C12H22N2O. The third-order valence-corrected chi connectivity index (χ3v) is 2.51. The molecule has 0 amide bonds. The van der Waals surface area contributed by atoms with E-state index in [0.717, 1.165) is 37.1 Å². The molecule has 1 rings (SSSR count). The lowest BCUT2D eigenvalue weighted by Crippen LogP contribution is -2.00. The molecule has 0 atom stereocenters. The van der Waals surface area contributed by atoms with Crippen molar-refractivity contribution in [3.8, 4) is 5.88 Å². The summed E-state index contributed by atoms with van der Waals surface area (Å²) in [6, 6.07) is 0. The van der Waals surface area contributed by atoms with Crippen LogP contribution < -0.4 is 0 Å². The van der Waals surface area contributed by atoms with E-state index < -0.39 is 0 Å². The van der Waals surface area contributed by atoms with Crippen LogP contribution in [0.1, 0.15) is 45.4 Å². The van der Waals surface area contributed by atoms with Gasteiger partial charge in [-0.05, 0) is 25.7 Å². The van der Waals surface area contributed by atoms with E-state index in [4.69, 9.17) is 0 Å². The standard InChI is InChI=1S/C12H22N2O/c1-5-7-10-11(8-9(3)4)13-14(6-2)12(10)15/h9,15H,5-8H2,1-4H3. The van der Waals surface area contributed by atoms with E-state index in [9.17, 15) is 5.11 Å². The number of nitrogens with zero attached hydrogens (tertiary/aromatic N) is 2. The number of hydrogen-bond donors (Lipinski definition) is 1. The van der Waals surface area contributed by atoms with Crippen molar-refractivity contribution in [2.24, 2.45) is 5.92 Å². The van der Waals surface area contributed by atoms with Gasteiger partial charge in [-0.1, -0.05) is 27.2 Å². The van der Waals surface area contributed by atoms with Gasteiger partial charge in [-0.15, -0.1) is 0 Å². The highest BCUT2D eigenvalue weighted by molar-refractivity contribution is 5.31. The lowest BCUT2D eigenvalue weighted by molar-refractivity contribution is 0.400. The molecule has 15 heavy (non-hydrogen) atoms. The lowest BCUT2D eigenvalue weighted by Gasteiger charge is -2.03. The van der Waals surface area contributed by atoms with E-state index in [2.05, 4.69) is 25.9 Å². The van der Waals surface area contributed by atoms with Crippen LogP contribution in [0.25, 0.3) is 0 Å². The molecule has 86 valence electrons. The minimum Gasteiger partial charge on any atom is -0.493 e. The summed E-state index contributed by atoms with van der Waals surface area (Å²) >= 11 is 0. The molecule has 0 aliphatic heterocycles. The van der Waals surface area contributed by atoms with E-state index in [0.29, 0.717) is 11.8 Å². The summed E-state index contributed by atoms with van der Waals surface area (Å²) in [6.45, 7) is 9.22. The molecule has 3 heteroatoms. The maximum atomic E-state index is 9.95. The van der Waals surface area contributed by atoms with Crippen molar-refractivity contribution in [2.75, 3.05) is 0 Å². The average molecular weight is 210 g/mol. The van der Waals surface area contributed by atoms with Crippen LogP contribution in [0.15, 0.2) is 0 Å². The summed E-state index contributed by atoms with van der Waals surface area (Å²) in [4.78, 5) is 0. The molecule has 0 radical (unpaired) electrons. The molecule has 0 aliphatic carbocycles. The quantitative estimate of drug-likeness (QED) is 0.811. The van der Waals surface area contributed by atoms with Gasteiger partial charge in [0.15, 0.2) is 0 Å². The highest BCUT2D eigenvalue weighted by atomic mass is 16.3. The molecule has 1 N–H and O–H groups in total. The fourth-order valence-corrected chi connectivity index (χ4v) is 1.82. The highest BCUT2D eigenvalue weighted by Crippen LogP contribution is 2.24. The van der Waals surface area contributed by atoms with Crippen molar-refractivity contribution in [3.63, 3.8) is 0 Å². The average Bonchev–Trinajstić information content (AvgIpc) is 2.45. The van der Waals surface area contributed by atoms with Gasteiger partial charge in [-0.3, -0.25) is 0 Å². The normalized spacial score (nSPS) is 11.3. The number of aromatic nitrogens is 2. The molecule has 0 bridgehead atoms. The second-order valence-electron chi connectivity index (χ2n) is 4.41. The molecule has 0 saturated carbocycles. The number of aromatic hydroxyl groups is 1. The molecule has 1 aromatic rings. The maximum absolute atomic E-state index is 9.95. The van der Waals surface area contributed by atoms with Crippen LogP contribution in [-0.2, 0) is 19.4 Å². The molecule has 0 unspecified atom stereocenters. The minimum absolute atomic E-state index is 0.370. The Morgan fingerprint density at radius 1 is 1.33 bits per heavy atom. The first-order valence-corrected chi connectivity index (χ1v) is 5.87. The van der Waals surface area contributed by atoms with Gasteiger partial charge in [0.05, 0.1) is 5.69 Å². The van der Waals surface area contributed by atoms with E-state index in [-0.39, 0.29) is 0 Å². The first-order chi connectivity index (χ1) is 7.10. The van der Waals surface area contributed by atoms with Crippen molar-refractivity contribution in [1.29, 1.82) is 0 Å². The predicted octanol–water partition coefficient (Wildman–Crippen LogP) is 2.76. The van der Waals surface area contributed by atoms with Crippen molar-refractivity contribution in [1.82, 2.24) is 9.78 Å². The van der Waals surface area contributed by atoms with Crippen LogP contribution in [0.5, 0.6) is 5.88 Å². The van der Waals surface area contributed by atoms with Crippen LogP contribution in [0.3, 0.4) is 0 Å². The molecule has 1 heterocycles. The first-order valence-electron chi connectivity index (χ1n) is 5.87. The van der Waals surface area contributed by atoms with E-state index in [1.165, 1.54) is 0 Å². The van der Waals surface area contributed by atoms with Crippen LogP contribution in [0.2, 0.25) is 0 Å². The zero-order valence-corrected chi connectivity index (χ0v) is 10.2. The molecule has 0 spiro atoms. The SMILES string of the molecule is CCCc1c(CC(C)C)nn(CC)c1O. The zero-order chi connectivity index (χ0) is 11.4. The van der Waals surface area contributed by atoms with E-state index in [1.807, 2.05) is 6.92 Å². The lowest BCUT2D eigenvalue weighted by atomic mass is 10.0. The van der Waals surface area contributed by atoms with Gasteiger partial charge in [0.1, 0.15) is 0 Å². The summed E-state index contributed by atoms with van der Waals surface area (Å²) < 4.78 is 1.70. The monoisotopic (exact) mass is 210 g/mol. The predicted molar refractivity (Wildman–Crippen MR) is 62.1 cm³/mol. The second-order valence-corrected chi connectivity index (χ2v) is 4.41. The molecular weight excluding hydrogens is 188 g/mol. The van der Waals surface area contributed by atoms with Crippen LogP contribution >= 0.6 is 0 Å². The summed E-state index contributed by atoms with van der Waals surface area (Å²) in [6.07, 6.45) is 2.93. The van der Waals surface area contributed by atoms with Gasteiger partial charge in [0, 0.05) is 12.1 Å². The molecule has 0 saturated heterocycles. The van der Waals surface area contributed by atoms with Crippen LogP contribution in [0.4, 0.5) is 0 Å². The van der Waals surface area contributed by atoms with Gasteiger partial charge in [-0.25, -0.2) is 4.68 Å². The Hall–Kier alpha value is -0.990. The van der Waals surface area contributed by atoms with Crippen molar-refractivity contribution < 1.29 is 5.11 Å². The van der Waals surface area contributed by atoms with Crippen LogP contribution in [0, 0.1) is 5.92 Å². The fourth-order valence-electron chi connectivity index (χ4n) is 1.82. The molecule has 0 aliphatic rings. The number of hydrogen-bond acceptors (Lipinski definition) is 2. The maximum Gasteiger partial charge on any atom is 0.212 e. The van der Waals surface area contributed by atoms with Crippen molar-refractivity contribution in [2.45, 2.75) is 53.5 Å². The Bertz CT molecular complexity index is 316. The number of rotatable bonds is 5. The van der Waals surface area contributed by atoms with Crippen LogP contribution in [-0.4, -0.2) is 14.9 Å². The van der Waals surface area contributed by atoms with Crippen molar-refractivity contribution >= 4 is 0 Å². The topological polar surface area (TPSA) is 38.0 Å². The summed E-state index contributed by atoms with van der Waals surface area (Å²) in [5.41, 5.74) is 2.12. The molecule has 3 nitrogen and oxygen atoms in total. The smallest absolute Gasteiger partial charge is 0.212 e. The Morgan fingerprint density at radius 3 is 2.47 bits per heavy atom. The zero-order valence-electron chi connectivity index (χ0n) is 10.2. The third kappa shape index (κ3) is 2.74. The molecule has 0 aromatic carbocycles. The fraction of sp³-hybridized carbons (Fsp3) is 0.750. The Balaban J connectivity index is 3.01. The first kappa shape index (κ1) is 12.1. The van der Waals surface area contributed by atoms with Gasteiger partial charge in [0.2, 0.25) is 5.88 Å². The largest absolute Gasteiger partial charge is 0.493 e. The minimum atomic E-state index is 0.370. The summed E-state index contributed by atoms with van der Waals surface area (Å²) in [7, 11) is 0. The Morgan fingerprint density at radius 2 is 2.00 bits per heavy atom. The van der Waals surface area contributed by atoms with Crippen molar-refractivity contribution in [3.05, 3.63) is 11.3 Å². The van der Waals surface area contributed by atoms with Gasteiger partial charge in [0.25, 0.3) is 0 Å². The van der Waals surface area contributed by atoms with E-state index >= 15 is 0 Å². The number of aryl methyl sites for hydroxylation is 1. The molecule has 0 fully saturated rings. The van der Waals surface area contributed by atoms with E-state index in [1.54, 1.807) is 4.68 Å². The Labute approximate surface area is 92.1 Å². The van der Waals surface area contributed by atoms with Gasteiger partial charge in [-0.2, -0.15) is 5.10 Å². The molecule has 1 aromatic heterocycles. The van der Waals surface area contributed by atoms with Gasteiger partial charge >= 0.3 is 0 Å². The van der Waals surface area contributed by atoms with Gasteiger partial charge < -0.3 is 5.11 Å². The summed E-state index contributed by atoms with van der Waals surface area (Å²) in [5.74, 6) is 0.954. The Kier molecular flexibility index (Phi) is 4.18. The third-order valence-electron chi connectivity index (χ3n) is 2.51.